The van der Waals surface area contributed by atoms with Crippen molar-refractivity contribution in [1.82, 2.24) is 0 Å². The summed E-state index contributed by atoms with van der Waals surface area (Å²) in [7, 11) is 4.94. The zero-order valence-corrected chi connectivity index (χ0v) is 35.0. The largest absolute Gasteiger partial charge is 0.328 e. The number of hydrogen-bond acceptors (Lipinski definition) is 0. The van der Waals surface area contributed by atoms with Crippen LogP contribution in [0.25, 0.3) is 0 Å². The third-order valence-corrected chi connectivity index (χ3v) is 10.7. The molecule has 0 N–H and O–H groups in total. The van der Waals surface area contributed by atoms with Crippen LogP contribution in [0.1, 0.15) is 265 Å². The lowest BCUT2D eigenvalue weighted by atomic mass is 10.0. The molecule has 0 aliphatic rings. The predicted molar refractivity (Wildman–Crippen MR) is 225 cm³/mol. The molecule has 0 aromatic rings. The highest BCUT2D eigenvalue weighted by Crippen LogP contribution is 2.16. The molecule has 0 spiro atoms. The maximum Gasteiger partial charge on any atom is 0.0782 e. The minimum absolute atomic E-state index is 1.20. The Morgan fingerprint density at radius 1 is 0.292 bits per heavy atom. The minimum atomic E-state index is 1.20. The Morgan fingerprint density at radius 3 is 0.688 bits per heavy atom. The van der Waals surface area contributed by atoms with Crippen molar-refractivity contribution >= 4 is 0 Å². The van der Waals surface area contributed by atoms with Gasteiger partial charge in [-0.15, -0.1) is 6.58 Å². The van der Waals surface area contributed by atoms with Gasteiger partial charge in [0, 0.05) is 0 Å². The summed E-state index contributed by atoms with van der Waals surface area (Å²) in [5.41, 5.74) is 0. The van der Waals surface area contributed by atoms with E-state index in [4.69, 9.17) is 0 Å². The first-order chi connectivity index (χ1) is 23.5. The van der Waals surface area contributed by atoms with Crippen LogP contribution >= 0.6 is 0 Å². The Bertz CT molecular complexity index is 513. The fourth-order valence-corrected chi connectivity index (χ4v) is 7.18. The Kier molecular flexibility index (Phi) is 46.4. The molecule has 290 valence electrons. The van der Waals surface area contributed by atoms with Gasteiger partial charge >= 0.3 is 0 Å². The van der Waals surface area contributed by atoms with Gasteiger partial charge < -0.3 is 4.48 Å². The van der Waals surface area contributed by atoms with E-state index in [1.54, 1.807) is 0 Å². The molecule has 0 atom stereocenters. The second-order valence-electron chi connectivity index (χ2n) is 16.5. The number of quaternary nitrogens is 1. The lowest BCUT2D eigenvalue weighted by Gasteiger charge is -2.30. The number of allylic oxidation sites excluding steroid dienone is 1. The first-order valence-electron chi connectivity index (χ1n) is 23.0. The van der Waals surface area contributed by atoms with Gasteiger partial charge in [0.1, 0.15) is 0 Å². The van der Waals surface area contributed by atoms with E-state index in [9.17, 15) is 0 Å². The predicted octanol–water partition coefficient (Wildman–Crippen LogP) is 17.1. The molecule has 0 unspecified atom stereocenters. The third-order valence-electron chi connectivity index (χ3n) is 10.7. The van der Waals surface area contributed by atoms with E-state index < -0.39 is 0 Å². The first kappa shape index (κ1) is 49.8. The molecule has 0 saturated carbocycles. The maximum atomic E-state index is 3.68. The fraction of sp³-hybridized carbons (Fsp3) is 0.957. The number of rotatable bonds is 40. The van der Waals surface area contributed by atoms with Gasteiger partial charge in [-0.1, -0.05) is 232 Å². The van der Waals surface area contributed by atoms with Crippen molar-refractivity contribution < 1.29 is 4.48 Å². The highest BCUT2D eigenvalue weighted by Gasteiger charge is 2.13. The van der Waals surface area contributed by atoms with Gasteiger partial charge in [-0.25, -0.2) is 0 Å². The minimum Gasteiger partial charge on any atom is -0.328 e. The van der Waals surface area contributed by atoms with Gasteiger partial charge in [0.2, 0.25) is 0 Å². The van der Waals surface area contributed by atoms with Gasteiger partial charge in [-0.3, -0.25) is 0 Å². The van der Waals surface area contributed by atoms with Crippen LogP contribution in [0.3, 0.4) is 0 Å². The quantitative estimate of drug-likeness (QED) is 0.0344. The molecular weight excluding hydrogens is 579 g/mol. The lowest BCUT2D eigenvalue weighted by Crippen LogP contribution is -2.41. The van der Waals surface area contributed by atoms with E-state index >= 15 is 0 Å². The molecule has 0 saturated heterocycles. The first-order valence-corrected chi connectivity index (χ1v) is 23.0. The molecule has 0 heterocycles. The van der Waals surface area contributed by atoms with E-state index in [0.29, 0.717) is 0 Å². The van der Waals surface area contributed by atoms with Crippen LogP contribution in [0.15, 0.2) is 12.7 Å². The van der Waals surface area contributed by atoms with Crippen molar-refractivity contribution in [2.24, 2.45) is 0 Å². The summed E-state index contributed by atoms with van der Waals surface area (Å²) < 4.78 is 1.25. The van der Waals surface area contributed by atoms with Gasteiger partial charge in [-0.05, 0) is 38.5 Å². The average molecular weight is 677 g/mol. The smallest absolute Gasteiger partial charge is 0.0782 e. The molecule has 48 heavy (non-hydrogen) atoms. The molecule has 0 bridgehead atoms. The van der Waals surface area contributed by atoms with E-state index in [-0.39, 0.29) is 0 Å². The molecule has 1 nitrogen and oxygen atoms in total. The highest BCUT2D eigenvalue weighted by atomic mass is 15.3. The molecule has 0 aliphatic heterocycles. The summed E-state index contributed by atoms with van der Waals surface area (Å²) in [4.78, 5) is 0. The van der Waals surface area contributed by atoms with Crippen LogP contribution in [-0.4, -0.2) is 31.7 Å². The van der Waals surface area contributed by atoms with Crippen molar-refractivity contribution in [3.05, 3.63) is 12.7 Å². The van der Waals surface area contributed by atoms with Crippen molar-refractivity contribution in [1.29, 1.82) is 0 Å². The Morgan fingerprint density at radius 2 is 0.479 bits per heavy atom. The van der Waals surface area contributed by atoms with Gasteiger partial charge in [0.15, 0.2) is 0 Å². The standard InChI is InChI=1S/C38H80N.C9H18/c1-5-7-9-11-13-15-17-19-21-23-25-27-29-31-33-35-37-39(3,4)38-36-34-32-30-28-26-24-22-20-18-16-14-12-10-8-6-2;1-3-5-7-9-8-6-4-2/h5-38H2,1-4H3;3H,1,4-9H2,2H3/q+1;. The molecule has 0 radical (unpaired) electrons. The van der Waals surface area contributed by atoms with Crippen LogP contribution in [0, 0.1) is 0 Å². The molecule has 0 fully saturated rings. The second-order valence-corrected chi connectivity index (χ2v) is 16.5. The van der Waals surface area contributed by atoms with Gasteiger partial charge in [0.05, 0.1) is 27.2 Å². The van der Waals surface area contributed by atoms with E-state index in [1.165, 1.54) is 262 Å². The summed E-state index contributed by atoms with van der Waals surface area (Å²) >= 11 is 0. The number of unbranched alkanes of at least 4 members (excludes halogenated alkanes) is 35. The Hall–Kier alpha value is -0.300. The molecule has 0 aromatic carbocycles. The summed E-state index contributed by atoms with van der Waals surface area (Å²) in [5.74, 6) is 0. The Balaban J connectivity index is 0. The van der Waals surface area contributed by atoms with Crippen LogP contribution in [-0.2, 0) is 0 Å². The highest BCUT2D eigenvalue weighted by molar-refractivity contribution is 4.65. The number of nitrogens with zero attached hydrogens (tertiary/aromatic N) is 1. The normalized spacial score (nSPS) is 11.5. The van der Waals surface area contributed by atoms with Crippen molar-refractivity contribution in [3.63, 3.8) is 0 Å². The number of hydrogen-bond donors (Lipinski definition) is 0. The zero-order valence-electron chi connectivity index (χ0n) is 35.0. The molecular formula is C47H98N+. The van der Waals surface area contributed by atoms with Crippen LogP contribution in [0.2, 0.25) is 0 Å². The van der Waals surface area contributed by atoms with Gasteiger partial charge in [-0.2, -0.15) is 0 Å². The Labute approximate surface area is 308 Å². The topological polar surface area (TPSA) is 0 Å². The SMILES string of the molecule is C=CCCCCCCC.CCCCCCCCCCCCCCCCCC[N+](C)(C)CCCCCCCCCCCCCCCCCC. The molecule has 0 rings (SSSR count). The van der Waals surface area contributed by atoms with E-state index in [0.717, 1.165) is 0 Å². The third kappa shape index (κ3) is 47.8. The molecule has 0 aliphatic carbocycles. The van der Waals surface area contributed by atoms with Crippen molar-refractivity contribution in [3.8, 4) is 0 Å². The van der Waals surface area contributed by atoms with E-state index in [2.05, 4.69) is 41.4 Å². The summed E-state index contributed by atoms with van der Waals surface area (Å²) in [6, 6.07) is 0. The fourth-order valence-electron chi connectivity index (χ4n) is 7.18. The monoisotopic (exact) mass is 677 g/mol. The van der Waals surface area contributed by atoms with Crippen molar-refractivity contribution in [2.45, 2.75) is 265 Å². The zero-order chi connectivity index (χ0) is 35.5. The van der Waals surface area contributed by atoms with Crippen molar-refractivity contribution in [2.75, 3.05) is 27.2 Å². The average Bonchev–Trinajstić information content (AvgIpc) is 3.08. The van der Waals surface area contributed by atoms with Crippen LogP contribution < -0.4 is 0 Å². The van der Waals surface area contributed by atoms with Crippen LogP contribution in [0.4, 0.5) is 0 Å². The molecule has 0 amide bonds. The van der Waals surface area contributed by atoms with Gasteiger partial charge in [0.25, 0.3) is 0 Å². The second kappa shape index (κ2) is 44.7. The van der Waals surface area contributed by atoms with E-state index in [1.807, 2.05) is 6.08 Å². The molecule has 0 aromatic heterocycles. The summed E-state index contributed by atoms with van der Waals surface area (Å²) in [6.07, 6.45) is 57.0. The summed E-state index contributed by atoms with van der Waals surface area (Å²) in [5, 5.41) is 0. The lowest BCUT2D eigenvalue weighted by molar-refractivity contribution is -0.890. The summed E-state index contributed by atoms with van der Waals surface area (Å²) in [6.45, 7) is 13.3. The maximum absolute atomic E-state index is 3.68. The van der Waals surface area contributed by atoms with Crippen LogP contribution in [0.5, 0.6) is 0 Å². The molecule has 1 heteroatoms.